The molecule has 1 aliphatic rings. The number of aromatic amines is 1. The fraction of sp³-hybridized carbons (Fsp3) is 0.417. The lowest BCUT2D eigenvalue weighted by Crippen LogP contribution is -2.48. The number of benzene rings is 1. The second-order valence-electron chi connectivity index (χ2n) is 7.69. The van der Waals surface area contributed by atoms with Gasteiger partial charge in [-0.2, -0.15) is 0 Å². The number of Topliss-reactive ketones (excluding diaryl/α,β-unsaturated/α-hetero) is 1. The Kier molecular flexibility index (Phi) is 7.04. The molecular formula is C24H31N3O2. The summed E-state index contributed by atoms with van der Waals surface area (Å²) in [7, 11) is 0. The minimum Gasteiger partial charge on any atom is -0.354 e. The van der Waals surface area contributed by atoms with E-state index in [9.17, 15) is 9.59 Å². The largest absolute Gasteiger partial charge is 0.354 e. The monoisotopic (exact) mass is 393 g/mol. The van der Waals surface area contributed by atoms with Crippen molar-refractivity contribution in [2.45, 2.75) is 33.6 Å². The fourth-order valence-corrected chi connectivity index (χ4v) is 4.03. The standard InChI is InChI=1S/C24H31N3O2/c1-4-9-21-22(19(3)28)18(2)25-23(21)24(29)27-16-14-26(15-17-27)13-8-12-20-10-6-5-7-11-20/h5-8,10-12,25H,4,9,13-17H2,1-3H3. The minimum absolute atomic E-state index is 0.0172. The molecule has 1 saturated heterocycles. The maximum Gasteiger partial charge on any atom is 0.270 e. The summed E-state index contributed by atoms with van der Waals surface area (Å²) in [6, 6.07) is 10.3. The number of carbonyl (C=O) groups is 2. The van der Waals surface area contributed by atoms with Crippen LogP contribution >= 0.6 is 0 Å². The highest BCUT2D eigenvalue weighted by Crippen LogP contribution is 2.23. The van der Waals surface area contributed by atoms with Gasteiger partial charge in [0, 0.05) is 44.0 Å². The predicted octanol–water partition coefficient (Wildman–Crippen LogP) is 3.95. The van der Waals surface area contributed by atoms with Gasteiger partial charge < -0.3 is 9.88 Å². The number of amides is 1. The van der Waals surface area contributed by atoms with Gasteiger partial charge in [-0.1, -0.05) is 55.8 Å². The van der Waals surface area contributed by atoms with Crippen molar-refractivity contribution in [2.75, 3.05) is 32.7 Å². The van der Waals surface area contributed by atoms with E-state index in [1.807, 2.05) is 30.0 Å². The zero-order valence-electron chi connectivity index (χ0n) is 17.7. The van der Waals surface area contributed by atoms with E-state index in [0.29, 0.717) is 24.3 Å². The van der Waals surface area contributed by atoms with E-state index in [1.54, 1.807) is 6.92 Å². The van der Waals surface area contributed by atoms with E-state index < -0.39 is 0 Å². The zero-order valence-corrected chi connectivity index (χ0v) is 17.7. The quantitative estimate of drug-likeness (QED) is 0.725. The van der Waals surface area contributed by atoms with Crippen LogP contribution in [0.15, 0.2) is 36.4 Å². The highest BCUT2D eigenvalue weighted by molar-refractivity contribution is 6.02. The molecule has 1 aliphatic heterocycles. The van der Waals surface area contributed by atoms with Gasteiger partial charge in [0.05, 0.1) is 0 Å². The summed E-state index contributed by atoms with van der Waals surface area (Å²) < 4.78 is 0. The molecule has 29 heavy (non-hydrogen) atoms. The highest BCUT2D eigenvalue weighted by Gasteiger charge is 2.27. The third-order valence-electron chi connectivity index (χ3n) is 5.49. The van der Waals surface area contributed by atoms with E-state index >= 15 is 0 Å². The summed E-state index contributed by atoms with van der Waals surface area (Å²) in [4.78, 5) is 32.7. The topological polar surface area (TPSA) is 56.4 Å². The van der Waals surface area contributed by atoms with Crippen molar-refractivity contribution in [2.24, 2.45) is 0 Å². The van der Waals surface area contributed by atoms with Crippen LogP contribution in [-0.4, -0.2) is 59.2 Å². The van der Waals surface area contributed by atoms with Crippen molar-refractivity contribution >= 4 is 17.8 Å². The lowest BCUT2D eigenvalue weighted by atomic mass is 10.0. The molecule has 0 spiro atoms. The van der Waals surface area contributed by atoms with Gasteiger partial charge in [-0.25, -0.2) is 0 Å². The van der Waals surface area contributed by atoms with Crippen LogP contribution in [0, 0.1) is 6.92 Å². The summed E-state index contributed by atoms with van der Waals surface area (Å²) in [6.07, 6.45) is 5.96. The van der Waals surface area contributed by atoms with Crippen molar-refractivity contribution < 1.29 is 9.59 Å². The molecule has 1 aromatic heterocycles. The summed E-state index contributed by atoms with van der Waals surface area (Å²) in [5.74, 6) is 0.0415. The van der Waals surface area contributed by atoms with Crippen LogP contribution in [0.3, 0.4) is 0 Å². The van der Waals surface area contributed by atoms with Crippen LogP contribution < -0.4 is 0 Å². The third-order valence-corrected chi connectivity index (χ3v) is 5.49. The Labute approximate surface area is 173 Å². The van der Waals surface area contributed by atoms with Gasteiger partial charge in [0.1, 0.15) is 5.69 Å². The van der Waals surface area contributed by atoms with Gasteiger partial charge in [0.2, 0.25) is 0 Å². The predicted molar refractivity (Wildman–Crippen MR) is 117 cm³/mol. The first-order chi connectivity index (χ1) is 14.0. The smallest absolute Gasteiger partial charge is 0.270 e. The first kappa shape index (κ1) is 21.1. The molecule has 0 atom stereocenters. The number of H-pyrrole nitrogens is 1. The van der Waals surface area contributed by atoms with Crippen LogP contribution in [-0.2, 0) is 6.42 Å². The number of piperazine rings is 1. The molecule has 1 amide bonds. The Bertz CT molecular complexity index is 875. The van der Waals surface area contributed by atoms with E-state index in [1.165, 1.54) is 5.56 Å². The first-order valence-corrected chi connectivity index (χ1v) is 10.5. The number of aromatic nitrogens is 1. The van der Waals surface area contributed by atoms with E-state index in [2.05, 4.69) is 41.1 Å². The normalized spacial score (nSPS) is 15.2. The molecule has 2 heterocycles. The Morgan fingerprint density at radius 1 is 1.10 bits per heavy atom. The molecule has 0 radical (unpaired) electrons. The Morgan fingerprint density at radius 2 is 1.79 bits per heavy atom. The molecule has 1 N–H and O–H groups in total. The molecule has 1 aromatic carbocycles. The van der Waals surface area contributed by atoms with Gasteiger partial charge in [0.15, 0.2) is 5.78 Å². The summed E-state index contributed by atoms with van der Waals surface area (Å²) in [5.41, 5.74) is 4.18. The number of carbonyl (C=O) groups excluding carboxylic acids is 2. The van der Waals surface area contributed by atoms with Gasteiger partial charge in [-0.15, -0.1) is 0 Å². The average molecular weight is 394 g/mol. The van der Waals surface area contributed by atoms with Crippen LogP contribution in [0.5, 0.6) is 0 Å². The molecule has 5 heteroatoms. The Hall–Kier alpha value is -2.66. The van der Waals surface area contributed by atoms with Crippen molar-refractivity contribution in [1.82, 2.24) is 14.8 Å². The Morgan fingerprint density at radius 3 is 2.41 bits per heavy atom. The van der Waals surface area contributed by atoms with Crippen molar-refractivity contribution in [1.29, 1.82) is 0 Å². The lowest BCUT2D eigenvalue weighted by molar-refractivity contribution is 0.0644. The van der Waals surface area contributed by atoms with Crippen molar-refractivity contribution in [3.8, 4) is 0 Å². The second-order valence-corrected chi connectivity index (χ2v) is 7.69. The van der Waals surface area contributed by atoms with Gasteiger partial charge >= 0.3 is 0 Å². The number of aryl methyl sites for hydroxylation is 1. The molecular weight excluding hydrogens is 362 g/mol. The van der Waals surface area contributed by atoms with E-state index in [4.69, 9.17) is 0 Å². The van der Waals surface area contributed by atoms with Gasteiger partial charge in [0.25, 0.3) is 5.91 Å². The van der Waals surface area contributed by atoms with Crippen LogP contribution in [0.25, 0.3) is 6.08 Å². The lowest BCUT2D eigenvalue weighted by Gasteiger charge is -2.34. The molecule has 0 bridgehead atoms. The molecule has 0 aliphatic carbocycles. The molecule has 1 fully saturated rings. The highest BCUT2D eigenvalue weighted by atomic mass is 16.2. The number of hydrogen-bond donors (Lipinski definition) is 1. The maximum absolute atomic E-state index is 13.1. The molecule has 5 nitrogen and oxygen atoms in total. The average Bonchev–Trinajstić information content (AvgIpc) is 3.05. The van der Waals surface area contributed by atoms with Crippen LogP contribution in [0.2, 0.25) is 0 Å². The number of rotatable bonds is 7. The Balaban J connectivity index is 1.61. The molecule has 0 saturated carbocycles. The van der Waals surface area contributed by atoms with Crippen molar-refractivity contribution in [3.05, 3.63) is 64.5 Å². The first-order valence-electron chi connectivity index (χ1n) is 10.5. The van der Waals surface area contributed by atoms with Crippen LogP contribution in [0.1, 0.15) is 57.9 Å². The van der Waals surface area contributed by atoms with Gasteiger partial charge in [-0.05, 0) is 31.4 Å². The number of nitrogens with one attached hydrogen (secondary N) is 1. The fourth-order valence-electron chi connectivity index (χ4n) is 4.03. The van der Waals surface area contributed by atoms with Crippen LogP contribution in [0.4, 0.5) is 0 Å². The molecule has 154 valence electrons. The zero-order chi connectivity index (χ0) is 20.8. The second kappa shape index (κ2) is 9.70. The molecule has 2 aromatic rings. The van der Waals surface area contributed by atoms with Gasteiger partial charge in [-0.3, -0.25) is 14.5 Å². The molecule has 0 unspecified atom stereocenters. The summed E-state index contributed by atoms with van der Waals surface area (Å²) in [6.45, 7) is 9.53. The number of ketones is 1. The summed E-state index contributed by atoms with van der Waals surface area (Å²) >= 11 is 0. The number of hydrogen-bond acceptors (Lipinski definition) is 3. The minimum atomic E-state index is 0.0172. The summed E-state index contributed by atoms with van der Waals surface area (Å²) in [5, 5.41) is 0. The van der Waals surface area contributed by atoms with E-state index in [-0.39, 0.29) is 11.7 Å². The maximum atomic E-state index is 13.1. The van der Waals surface area contributed by atoms with E-state index in [0.717, 1.165) is 43.7 Å². The third kappa shape index (κ3) is 5.04. The number of nitrogens with zero attached hydrogens (tertiary/aromatic N) is 2. The SMILES string of the molecule is CCCc1c(C(=O)N2CCN(CC=Cc3ccccc3)CC2)[nH]c(C)c1C(C)=O. The van der Waals surface area contributed by atoms with Crippen molar-refractivity contribution in [3.63, 3.8) is 0 Å². The molecule has 3 rings (SSSR count).